The Hall–Kier alpha value is -1.91. The highest BCUT2D eigenvalue weighted by Crippen LogP contribution is 2.32. The van der Waals surface area contributed by atoms with E-state index in [1.807, 2.05) is 25.2 Å². The average molecular weight is 391 g/mol. The number of hydrogen-bond donors (Lipinski definition) is 1. The molecule has 0 aliphatic carbocycles. The molecule has 0 aliphatic heterocycles. The fraction of sp³-hybridized carbons (Fsp3) is 0.350. The maximum atomic E-state index is 6.30. The van der Waals surface area contributed by atoms with E-state index in [-0.39, 0.29) is 0 Å². The third-order valence-electron chi connectivity index (χ3n) is 4.38. The van der Waals surface area contributed by atoms with Crippen molar-refractivity contribution in [3.05, 3.63) is 46.4 Å². The van der Waals surface area contributed by atoms with Crippen LogP contribution in [-0.4, -0.2) is 22.6 Å². The Morgan fingerprint density at radius 3 is 2.46 bits per heavy atom. The van der Waals surface area contributed by atoms with Crippen molar-refractivity contribution in [2.75, 3.05) is 23.3 Å². The summed E-state index contributed by atoms with van der Waals surface area (Å²) in [6, 6.07) is 11.7. The van der Waals surface area contributed by atoms with Gasteiger partial charge in [-0.15, -0.1) is 0 Å². The van der Waals surface area contributed by atoms with E-state index in [0.29, 0.717) is 10.0 Å². The van der Waals surface area contributed by atoms with E-state index in [1.54, 1.807) is 6.07 Å². The van der Waals surface area contributed by atoms with E-state index >= 15 is 0 Å². The van der Waals surface area contributed by atoms with Gasteiger partial charge in [0.05, 0.1) is 27.4 Å². The van der Waals surface area contributed by atoms with Crippen LogP contribution >= 0.6 is 23.2 Å². The van der Waals surface area contributed by atoms with Crippen molar-refractivity contribution in [2.45, 2.75) is 26.7 Å². The molecule has 0 bridgehead atoms. The zero-order chi connectivity index (χ0) is 18.7. The summed E-state index contributed by atoms with van der Waals surface area (Å²) in [5, 5.41) is 4.52. The molecule has 0 unspecified atom stereocenters. The molecular formula is C20H24Cl2N4. The van der Waals surface area contributed by atoms with Crippen LogP contribution in [0.3, 0.4) is 0 Å². The van der Waals surface area contributed by atoms with E-state index in [9.17, 15) is 0 Å². The largest absolute Gasteiger partial charge is 0.370 e. The molecule has 1 aromatic heterocycles. The van der Waals surface area contributed by atoms with E-state index in [0.717, 1.165) is 48.6 Å². The predicted octanol–water partition coefficient (Wildman–Crippen LogP) is 6.25. The predicted molar refractivity (Wildman–Crippen MR) is 113 cm³/mol. The van der Waals surface area contributed by atoms with Crippen LogP contribution in [0, 0.1) is 0 Å². The second-order valence-electron chi connectivity index (χ2n) is 6.38. The Balaban J connectivity index is 2.04. The maximum Gasteiger partial charge on any atom is 0.208 e. The Labute approximate surface area is 164 Å². The lowest BCUT2D eigenvalue weighted by Crippen LogP contribution is -2.25. The summed E-state index contributed by atoms with van der Waals surface area (Å²) in [6.07, 6.45) is 2.22. The summed E-state index contributed by atoms with van der Waals surface area (Å²) < 4.78 is 2.09. The van der Waals surface area contributed by atoms with E-state index in [1.165, 1.54) is 5.69 Å². The molecule has 1 heterocycles. The average Bonchev–Trinajstić information content (AvgIpc) is 2.93. The highest BCUT2D eigenvalue weighted by molar-refractivity contribution is 6.36. The van der Waals surface area contributed by atoms with Crippen molar-refractivity contribution < 1.29 is 0 Å². The molecule has 26 heavy (non-hydrogen) atoms. The molecular weight excluding hydrogens is 367 g/mol. The molecule has 0 saturated heterocycles. The van der Waals surface area contributed by atoms with Gasteiger partial charge < -0.3 is 14.8 Å². The number of para-hydroxylation sites is 1. The number of fused-ring (bicyclic) bond motifs is 1. The SMILES string of the molecule is CCCN(CCC)c1cccc2nc(Nc3ccc(Cl)cc3Cl)n(C)c12. The van der Waals surface area contributed by atoms with Gasteiger partial charge in [0.25, 0.3) is 0 Å². The van der Waals surface area contributed by atoms with Gasteiger partial charge in [0.1, 0.15) is 0 Å². The lowest BCUT2D eigenvalue weighted by molar-refractivity contribution is 0.745. The summed E-state index contributed by atoms with van der Waals surface area (Å²) in [7, 11) is 2.03. The minimum absolute atomic E-state index is 0.573. The summed E-state index contributed by atoms with van der Waals surface area (Å²) >= 11 is 12.3. The van der Waals surface area contributed by atoms with Crippen molar-refractivity contribution in [1.29, 1.82) is 0 Å². The van der Waals surface area contributed by atoms with Crippen LogP contribution in [0.1, 0.15) is 26.7 Å². The molecule has 4 nitrogen and oxygen atoms in total. The third kappa shape index (κ3) is 3.76. The van der Waals surface area contributed by atoms with E-state index in [2.05, 4.69) is 40.8 Å². The van der Waals surface area contributed by atoms with Gasteiger partial charge in [0, 0.05) is 25.2 Å². The van der Waals surface area contributed by atoms with Gasteiger partial charge in [0.15, 0.2) is 0 Å². The van der Waals surface area contributed by atoms with Crippen molar-refractivity contribution >= 4 is 51.6 Å². The van der Waals surface area contributed by atoms with Crippen LogP contribution in [0.2, 0.25) is 10.0 Å². The zero-order valence-electron chi connectivity index (χ0n) is 15.4. The summed E-state index contributed by atoms with van der Waals surface area (Å²) in [5.74, 6) is 0.754. The van der Waals surface area contributed by atoms with E-state index < -0.39 is 0 Å². The highest BCUT2D eigenvalue weighted by atomic mass is 35.5. The number of aryl methyl sites for hydroxylation is 1. The van der Waals surface area contributed by atoms with Gasteiger partial charge in [0.2, 0.25) is 5.95 Å². The molecule has 6 heteroatoms. The standard InChI is InChI=1S/C20H24Cl2N4/c1-4-11-26(12-5-2)18-8-6-7-17-19(18)25(3)20(24-17)23-16-10-9-14(21)13-15(16)22/h6-10,13H,4-5,11-12H2,1-3H3,(H,23,24). The molecule has 0 spiro atoms. The quantitative estimate of drug-likeness (QED) is 0.517. The Bertz CT molecular complexity index is 898. The van der Waals surface area contributed by atoms with Crippen LogP contribution in [0.25, 0.3) is 11.0 Å². The first-order valence-corrected chi connectivity index (χ1v) is 9.73. The number of anilines is 3. The van der Waals surface area contributed by atoms with E-state index in [4.69, 9.17) is 28.2 Å². The minimum Gasteiger partial charge on any atom is -0.370 e. The Morgan fingerprint density at radius 2 is 1.81 bits per heavy atom. The van der Waals surface area contributed by atoms with Gasteiger partial charge in [-0.05, 0) is 43.2 Å². The van der Waals surface area contributed by atoms with Gasteiger partial charge in [-0.3, -0.25) is 0 Å². The zero-order valence-corrected chi connectivity index (χ0v) is 16.9. The highest BCUT2D eigenvalue weighted by Gasteiger charge is 2.16. The van der Waals surface area contributed by atoms with Gasteiger partial charge >= 0.3 is 0 Å². The second-order valence-corrected chi connectivity index (χ2v) is 7.22. The van der Waals surface area contributed by atoms with Crippen LogP contribution in [-0.2, 0) is 7.05 Å². The monoisotopic (exact) mass is 390 g/mol. The molecule has 1 N–H and O–H groups in total. The van der Waals surface area contributed by atoms with Crippen molar-refractivity contribution in [3.8, 4) is 0 Å². The van der Waals surface area contributed by atoms with Crippen molar-refractivity contribution in [2.24, 2.45) is 7.05 Å². The number of imidazole rings is 1. The lowest BCUT2D eigenvalue weighted by Gasteiger charge is -2.25. The first-order valence-electron chi connectivity index (χ1n) is 8.97. The molecule has 0 amide bonds. The fourth-order valence-corrected chi connectivity index (χ4v) is 3.67. The third-order valence-corrected chi connectivity index (χ3v) is 4.93. The summed E-state index contributed by atoms with van der Waals surface area (Å²) in [4.78, 5) is 7.20. The van der Waals surface area contributed by atoms with Gasteiger partial charge in [-0.2, -0.15) is 0 Å². The Kier molecular flexibility index (Phi) is 5.94. The van der Waals surface area contributed by atoms with Crippen LogP contribution < -0.4 is 10.2 Å². The maximum absolute atomic E-state index is 6.30. The molecule has 0 saturated carbocycles. The number of benzene rings is 2. The van der Waals surface area contributed by atoms with Crippen LogP contribution in [0.15, 0.2) is 36.4 Å². The minimum atomic E-state index is 0.573. The van der Waals surface area contributed by atoms with Gasteiger partial charge in [-0.25, -0.2) is 4.98 Å². The molecule has 0 radical (unpaired) electrons. The molecule has 0 aliphatic rings. The first kappa shape index (κ1) is 18.9. The number of aromatic nitrogens is 2. The van der Waals surface area contributed by atoms with Crippen molar-refractivity contribution in [1.82, 2.24) is 9.55 Å². The number of nitrogens with zero attached hydrogens (tertiary/aromatic N) is 3. The number of rotatable bonds is 7. The fourth-order valence-electron chi connectivity index (χ4n) is 3.22. The Morgan fingerprint density at radius 1 is 1.08 bits per heavy atom. The summed E-state index contributed by atoms with van der Waals surface area (Å²) in [5.41, 5.74) is 4.10. The van der Waals surface area contributed by atoms with Crippen LogP contribution in [0.4, 0.5) is 17.3 Å². The van der Waals surface area contributed by atoms with Crippen LogP contribution in [0.5, 0.6) is 0 Å². The number of nitrogens with one attached hydrogen (secondary N) is 1. The molecule has 3 rings (SSSR count). The normalized spacial score (nSPS) is 11.1. The molecule has 138 valence electrons. The number of halogens is 2. The molecule has 2 aromatic carbocycles. The second kappa shape index (κ2) is 8.19. The summed E-state index contributed by atoms with van der Waals surface area (Å²) in [6.45, 7) is 6.48. The molecule has 0 fully saturated rings. The smallest absolute Gasteiger partial charge is 0.208 e. The van der Waals surface area contributed by atoms with Gasteiger partial charge in [-0.1, -0.05) is 43.1 Å². The molecule has 3 aromatic rings. The van der Waals surface area contributed by atoms with Crippen molar-refractivity contribution in [3.63, 3.8) is 0 Å². The first-order chi connectivity index (χ1) is 12.5. The number of hydrogen-bond acceptors (Lipinski definition) is 3. The lowest BCUT2D eigenvalue weighted by atomic mass is 10.2. The topological polar surface area (TPSA) is 33.1 Å². The molecule has 0 atom stereocenters.